The Morgan fingerprint density at radius 3 is 2.78 bits per heavy atom. The number of benzene rings is 1. The van der Waals surface area contributed by atoms with Gasteiger partial charge >= 0.3 is 0 Å². The number of rotatable bonds is 6. The monoisotopic (exact) mass is 353 g/mol. The Bertz CT molecular complexity index is 751. The average molecular weight is 353 g/mol. The summed E-state index contributed by atoms with van der Waals surface area (Å²) in [5, 5.41) is 6.16. The summed E-state index contributed by atoms with van der Waals surface area (Å²) in [6.45, 7) is 1.63. The van der Waals surface area contributed by atoms with E-state index in [1.54, 1.807) is 23.5 Å². The quantitative estimate of drug-likeness (QED) is 0.835. The Morgan fingerprint density at radius 1 is 1.35 bits per heavy atom. The van der Waals surface area contributed by atoms with Crippen molar-refractivity contribution >= 4 is 32.2 Å². The van der Waals surface area contributed by atoms with Crippen molar-refractivity contribution in [2.24, 2.45) is 0 Å². The number of ether oxygens (including phenoxy) is 1. The first-order valence-electron chi connectivity index (χ1n) is 7.39. The molecule has 6 nitrogen and oxygen atoms in total. The predicted molar refractivity (Wildman–Crippen MR) is 93.5 cm³/mol. The maximum absolute atomic E-state index is 11.2. The summed E-state index contributed by atoms with van der Waals surface area (Å²) >= 11 is 1.55. The molecule has 0 saturated carbocycles. The Morgan fingerprint density at radius 2 is 2.13 bits per heavy atom. The molecule has 0 bridgehead atoms. The zero-order valence-electron chi connectivity index (χ0n) is 12.8. The predicted octanol–water partition coefficient (Wildman–Crippen LogP) is 2.77. The van der Waals surface area contributed by atoms with Crippen molar-refractivity contribution in [1.29, 1.82) is 0 Å². The zero-order valence-corrected chi connectivity index (χ0v) is 14.4. The lowest BCUT2D eigenvalue weighted by atomic mass is 10.1. The highest BCUT2D eigenvalue weighted by Gasteiger charge is 2.15. The van der Waals surface area contributed by atoms with Crippen molar-refractivity contribution in [1.82, 2.24) is 4.98 Å². The van der Waals surface area contributed by atoms with Crippen LogP contribution in [0.25, 0.3) is 11.3 Å². The molecule has 0 radical (unpaired) electrons. The van der Waals surface area contributed by atoms with E-state index in [0.717, 1.165) is 48.6 Å². The van der Waals surface area contributed by atoms with E-state index in [0.29, 0.717) is 5.69 Å². The maximum atomic E-state index is 11.2. The van der Waals surface area contributed by atoms with Gasteiger partial charge in [0, 0.05) is 29.8 Å². The summed E-state index contributed by atoms with van der Waals surface area (Å²) in [4.78, 5) is 4.56. The van der Waals surface area contributed by atoms with Gasteiger partial charge in [-0.15, -0.1) is 11.3 Å². The van der Waals surface area contributed by atoms with Crippen LogP contribution in [0.3, 0.4) is 0 Å². The number of nitrogens with zero attached hydrogens (tertiary/aromatic N) is 1. The fraction of sp³-hybridized carbons (Fsp3) is 0.400. The molecule has 0 amide bonds. The SMILES string of the molecule is CS(=O)(=O)Nc1ccc(-c2csc(NC[C@H]3CCCO3)n2)cc1. The van der Waals surface area contributed by atoms with Gasteiger partial charge in [-0.25, -0.2) is 13.4 Å². The van der Waals surface area contributed by atoms with Crippen LogP contribution in [-0.4, -0.2) is 38.9 Å². The number of thiazole rings is 1. The minimum atomic E-state index is -3.25. The van der Waals surface area contributed by atoms with Crippen molar-refractivity contribution in [3.8, 4) is 11.3 Å². The van der Waals surface area contributed by atoms with Crippen LogP contribution in [0.2, 0.25) is 0 Å². The smallest absolute Gasteiger partial charge is 0.229 e. The Kier molecular flexibility index (Phi) is 4.84. The van der Waals surface area contributed by atoms with E-state index in [1.165, 1.54) is 0 Å². The number of sulfonamides is 1. The molecule has 1 fully saturated rings. The molecule has 2 heterocycles. The largest absolute Gasteiger partial charge is 0.376 e. The van der Waals surface area contributed by atoms with Crippen LogP contribution < -0.4 is 10.0 Å². The van der Waals surface area contributed by atoms with Gasteiger partial charge in [-0.2, -0.15) is 0 Å². The van der Waals surface area contributed by atoms with Crippen molar-refractivity contribution in [3.05, 3.63) is 29.6 Å². The third-order valence-electron chi connectivity index (χ3n) is 3.49. The Hall–Kier alpha value is -1.64. The van der Waals surface area contributed by atoms with E-state index in [1.807, 2.05) is 17.5 Å². The van der Waals surface area contributed by atoms with Crippen molar-refractivity contribution in [3.63, 3.8) is 0 Å². The van der Waals surface area contributed by atoms with Gasteiger partial charge in [0.2, 0.25) is 10.0 Å². The average Bonchev–Trinajstić information content (AvgIpc) is 3.16. The Balaban J connectivity index is 1.62. The van der Waals surface area contributed by atoms with E-state index in [-0.39, 0.29) is 6.10 Å². The van der Waals surface area contributed by atoms with E-state index in [9.17, 15) is 8.42 Å². The molecule has 1 aromatic heterocycles. The summed E-state index contributed by atoms with van der Waals surface area (Å²) < 4.78 is 30.4. The highest BCUT2D eigenvalue weighted by atomic mass is 32.2. The molecule has 0 spiro atoms. The molecule has 124 valence electrons. The van der Waals surface area contributed by atoms with Crippen LogP contribution in [0.4, 0.5) is 10.8 Å². The van der Waals surface area contributed by atoms with Crippen LogP contribution in [0, 0.1) is 0 Å². The molecule has 23 heavy (non-hydrogen) atoms. The second-order valence-electron chi connectivity index (χ2n) is 5.51. The first-order valence-corrected chi connectivity index (χ1v) is 10.2. The van der Waals surface area contributed by atoms with E-state index in [4.69, 9.17) is 4.74 Å². The summed E-state index contributed by atoms with van der Waals surface area (Å²) in [5.74, 6) is 0. The van der Waals surface area contributed by atoms with E-state index >= 15 is 0 Å². The van der Waals surface area contributed by atoms with Gasteiger partial charge in [0.25, 0.3) is 0 Å². The molecule has 0 aliphatic carbocycles. The normalized spacial score (nSPS) is 18.0. The summed E-state index contributed by atoms with van der Waals surface area (Å²) in [5.41, 5.74) is 2.37. The fourth-order valence-electron chi connectivity index (χ4n) is 2.42. The van der Waals surface area contributed by atoms with Crippen molar-refractivity contribution < 1.29 is 13.2 Å². The summed E-state index contributed by atoms with van der Waals surface area (Å²) in [6.07, 6.45) is 3.64. The number of hydrogen-bond donors (Lipinski definition) is 2. The lowest BCUT2D eigenvalue weighted by Gasteiger charge is -2.09. The van der Waals surface area contributed by atoms with Gasteiger partial charge in [-0.3, -0.25) is 4.72 Å². The molecule has 1 aliphatic rings. The first-order chi connectivity index (χ1) is 11.0. The lowest BCUT2D eigenvalue weighted by molar-refractivity contribution is 0.120. The standard InChI is InChI=1S/C15H19N3O3S2/c1-23(19,20)18-12-6-4-11(5-7-12)14-10-22-15(17-14)16-9-13-3-2-8-21-13/h4-7,10,13,18H,2-3,8-9H2,1H3,(H,16,17)/t13-/m1/s1. The Labute approximate surface area is 140 Å². The molecule has 1 aromatic carbocycles. The highest BCUT2D eigenvalue weighted by molar-refractivity contribution is 7.92. The van der Waals surface area contributed by atoms with Gasteiger partial charge in [0.1, 0.15) is 0 Å². The van der Waals surface area contributed by atoms with Gasteiger partial charge in [0.05, 0.1) is 18.1 Å². The molecule has 8 heteroatoms. The fourth-order valence-corrected chi connectivity index (χ4v) is 3.71. The topological polar surface area (TPSA) is 80.3 Å². The van der Waals surface area contributed by atoms with E-state index in [2.05, 4.69) is 15.0 Å². The van der Waals surface area contributed by atoms with Crippen LogP contribution >= 0.6 is 11.3 Å². The number of nitrogens with one attached hydrogen (secondary N) is 2. The van der Waals surface area contributed by atoms with Gasteiger partial charge in [-0.05, 0) is 25.0 Å². The van der Waals surface area contributed by atoms with Crippen molar-refractivity contribution in [2.45, 2.75) is 18.9 Å². The molecular weight excluding hydrogens is 334 g/mol. The number of anilines is 2. The van der Waals surface area contributed by atoms with Crippen molar-refractivity contribution in [2.75, 3.05) is 29.4 Å². The van der Waals surface area contributed by atoms with Crippen LogP contribution in [0.5, 0.6) is 0 Å². The molecule has 1 aliphatic heterocycles. The summed E-state index contributed by atoms with van der Waals surface area (Å²) in [6, 6.07) is 7.17. The number of hydrogen-bond acceptors (Lipinski definition) is 6. The molecule has 3 rings (SSSR count). The second-order valence-corrected chi connectivity index (χ2v) is 8.11. The van der Waals surface area contributed by atoms with E-state index < -0.39 is 10.0 Å². The first kappa shape index (κ1) is 16.2. The van der Waals surface area contributed by atoms with Crippen LogP contribution in [-0.2, 0) is 14.8 Å². The van der Waals surface area contributed by atoms with Gasteiger partial charge in [0.15, 0.2) is 5.13 Å². The minimum Gasteiger partial charge on any atom is -0.376 e. The highest BCUT2D eigenvalue weighted by Crippen LogP contribution is 2.26. The molecule has 0 unspecified atom stereocenters. The van der Waals surface area contributed by atoms with Crippen LogP contribution in [0.1, 0.15) is 12.8 Å². The van der Waals surface area contributed by atoms with Gasteiger partial charge < -0.3 is 10.1 Å². The molecule has 2 aromatic rings. The molecule has 2 N–H and O–H groups in total. The zero-order chi connectivity index (χ0) is 16.3. The van der Waals surface area contributed by atoms with Crippen LogP contribution in [0.15, 0.2) is 29.6 Å². The minimum absolute atomic E-state index is 0.281. The summed E-state index contributed by atoms with van der Waals surface area (Å²) in [7, 11) is -3.25. The molecular formula is C15H19N3O3S2. The maximum Gasteiger partial charge on any atom is 0.229 e. The second kappa shape index (κ2) is 6.86. The third-order valence-corrected chi connectivity index (χ3v) is 4.90. The third kappa shape index (κ3) is 4.66. The molecule has 1 atom stereocenters. The van der Waals surface area contributed by atoms with Gasteiger partial charge in [-0.1, -0.05) is 12.1 Å². The lowest BCUT2D eigenvalue weighted by Crippen LogP contribution is -2.18. The number of aromatic nitrogens is 1. The molecule has 1 saturated heterocycles.